The van der Waals surface area contributed by atoms with Crippen molar-refractivity contribution in [1.82, 2.24) is 9.80 Å². The predicted octanol–water partition coefficient (Wildman–Crippen LogP) is 1.55. The van der Waals surface area contributed by atoms with E-state index in [4.69, 9.17) is 5.73 Å². The Morgan fingerprint density at radius 3 is 2.60 bits per heavy atom. The van der Waals surface area contributed by atoms with E-state index >= 15 is 0 Å². The summed E-state index contributed by atoms with van der Waals surface area (Å²) in [6.45, 7) is 6.87. The molecule has 1 heterocycles. The molecule has 1 fully saturated rings. The van der Waals surface area contributed by atoms with Crippen molar-refractivity contribution >= 4 is 5.91 Å². The van der Waals surface area contributed by atoms with Gasteiger partial charge in [-0.15, -0.1) is 0 Å². The van der Waals surface area contributed by atoms with Crippen LogP contribution in [0.3, 0.4) is 0 Å². The van der Waals surface area contributed by atoms with Crippen molar-refractivity contribution in [3.63, 3.8) is 0 Å². The molecule has 1 aromatic carbocycles. The monoisotopic (exact) mass is 275 g/mol. The second-order valence-corrected chi connectivity index (χ2v) is 5.88. The van der Waals surface area contributed by atoms with Crippen LogP contribution in [0.2, 0.25) is 0 Å². The summed E-state index contributed by atoms with van der Waals surface area (Å²) in [6, 6.07) is 7.57. The molecule has 1 amide bonds. The van der Waals surface area contributed by atoms with Crippen molar-refractivity contribution < 1.29 is 4.79 Å². The van der Waals surface area contributed by atoms with Crippen LogP contribution in [-0.2, 0) is 4.79 Å². The highest BCUT2D eigenvalue weighted by Crippen LogP contribution is 2.18. The molecule has 1 aliphatic rings. The van der Waals surface area contributed by atoms with E-state index in [1.807, 2.05) is 36.1 Å². The number of hydrogen-bond donors (Lipinski definition) is 1. The number of aryl methyl sites for hydroxylation is 1. The molecular weight excluding hydrogens is 250 g/mol. The third-order valence-electron chi connectivity index (χ3n) is 4.03. The lowest BCUT2D eigenvalue weighted by molar-refractivity contribution is -0.134. The van der Waals surface area contributed by atoms with E-state index in [-0.39, 0.29) is 11.9 Å². The summed E-state index contributed by atoms with van der Waals surface area (Å²) < 4.78 is 0. The maximum Gasteiger partial charge on any atom is 0.244 e. The zero-order chi connectivity index (χ0) is 14.7. The first-order valence-electron chi connectivity index (χ1n) is 7.30. The normalized spacial score (nSPS) is 22.4. The fourth-order valence-electron chi connectivity index (χ4n) is 2.79. The van der Waals surface area contributed by atoms with Crippen LogP contribution >= 0.6 is 0 Å². The summed E-state index contributed by atoms with van der Waals surface area (Å²) in [7, 11) is 2.10. The lowest BCUT2D eigenvalue weighted by Crippen LogP contribution is -2.46. The number of hydrogen-bond acceptors (Lipinski definition) is 3. The molecule has 1 saturated heterocycles. The molecule has 0 aliphatic carbocycles. The number of nitrogens with zero attached hydrogens (tertiary/aromatic N) is 2. The molecule has 0 radical (unpaired) electrons. The van der Waals surface area contributed by atoms with Crippen LogP contribution in [-0.4, -0.2) is 48.4 Å². The fourth-order valence-corrected chi connectivity index (χ4v) is 2.79. The molecule has 2 N–H and O–H groups in total. The highest BCUT2D eigenvalue weighted by Gasteiger charge is 2.28. The largest absolute Gasteiger partial charge is 0.337 e. The van der Waals surface area contributed by atoms with Gasteiger partial charge in [0.15, 0.2) is 0 Å². The SMILES string of the molecule is Cc1ccc(C(N)C(=O)N2CCCN(C)CC2C)cc1. The average molecular weight is 275 g/mol. The molecule has 0 aromatic heterocycles. The van der Waals surface area contributed by atoms with E-state index in [2.05, 4.69) is 18.9 Å². The molecule has 20 heavy (non-hydrogen) atoms. The Morgan fingerprint density at radius 2 is 1.95 bits per heavy atom. The lowest BCUT2D eigenvalue weighted by atomic mass is 10.0. The second kappa shape index (κ2) is 6.37. The number of rotatable bonds is 2. The molecule has 110 valence electrons. The lowest BCUT2D eigenvalue weighted by Gasteiger charge is -2.30. The summed E-state index contributed by atoms with van der Waals surface area (Å²) in [6.07, 6.45) is 1.01. The van der Waals surface area contributed by atoms with Crippen molar-refractivity contribution in [2.45, 2.75) is 32.4 Å². The van der Waals surface area contributed by atoms with Crippen LogP contribution < -0.4 is 5.73 Å². The molecule has 0 bridgehead atoms. The fraction of sp³-hybridized carbons (Fsp3) is 0.562. The van der Waals surface area contributed by atoms with Gasteiger partial charge in [0, 0.05) is 19.1 Å². The number of likely N-dealkylation sites (N-methyl/N-ethyl adjacent to an activating group) is 1. The first kappa shape index (κ1) is 15.0. The summed E-state index contributed by atoms with van der Waals surface area (Å²) >= 11 is 0. The molecule has 4 heteroatoms. The van der Waals surface area contributed by atoms with Gasteiger partial charge in [-0.25, -0.2) is 0 Å². The molecule has 2 unspecified atom stereocenters. The van der Waals surface area contributed by atoms with Gasteiger partial charge in [-0.2, -0.15) is 0 Å². The molecule has 4 nitrogen and oxygen atoms in total. The van der Waals surface area contributed by atoms with E-state index in [0.717, 1.165) is 31.6 Å². The average Bonchev–Trinajstić information content (AvgIpc) is 2.58. The zero-order valence-corrected chi connectivity index (χ0v) is 12.7. The maximum atomic E-state index is 12.6. The van der Waals surface area contributed by atoms with Gasteiger partial charge in [0.05, 0.1) is 0 Å². The minimum atomic E-state index is -0.554. The Morgan fingerprint density at radius 1 is 1.30 bits per heavy atom. The quantitative estimate of drug-likeness (QED) is 0.891. The van der Waals surface area contributed by atoms with Crippen molar-refractivity contribution in [2.24, 2.45) is 5.73 Å². The second-order valence-electron chi connectivity index (χ2n) is 5.88. The smallest absolute Gasteiger partial charge is 0.244 e. The van der Waals surface area contributed by atoms with Crippen LogP contribution in [0.25, 0.3) is 0 Å². The van der Waals surface area contributed by atoms with Crippen LogP contribution in [0.4, 0.5) is 0 Å². The number of carbonyl (C=O) groups excluding carboxylic acids is 1. The molecule has 1 aliphatic heterocycles. The summed E-state index contributed by atoms with van der Waals surface area (Å²) in [4.78, 5) is 16.8. The van der Waals surface area contributed by atoms with E-state index in [9.17, 15) is 4.79 Å². The Kier molecular flexibility index (Phi) is 4.78. The number of carbonyl (C=O) groups is 1. The van der Waals surface area contributed by atoms with Gasteiger partial charge in [-0.3, -0.25) is 4.79 Å². The van der Waals surface area contributed by atoms with E-state index in [1.54, 1.807) is 0 Å². The molecule has 0 spiro atoms. The maximum absolute atomic E-state index is 12.6. The summed E-state index contributed by atoms with van der Waals surface area (Å²) in [5.74, 6) is 0.0386. The zero-order valence-electron chi connectivity index (χ0n) is 12.7. The molecule has 2 atom stereocenters. The number of nitrogens with two attached hydrogens (primary N) is 1. The standard InChI is InChI=1S/C16H25N3O/c1-12-5-7-14(8-6-12)15(17)16(20)19-10-4-9-18(3)11-13(19)2/h5-8,13,15H,4,9-11,17H2,1-3H3. The summed E-state index contributed by atoms with van der Waals surface area (Å²) in [5, 5.41) is 0. The molecule has 2 rings (SSSR count). The van der Waals surface area contributed by atoms with Crippen molar-refractivity contribution in [3.05, 3.63) is 35.4 Å². The van der Waals surface area contributed by atoms with Gasteiger partial charge >= 0.3 is 0 Å². The van der Waals surface area contributed by atoms with E-state index in [0.29, 0.717) is 0 Å². The van der Waals surface area contributed by atoms with Gasteiger partial charge in [0.1, 0.15) is 6.04 Å². The van der Waals surface area contributed by atoms with E-state index < -0.39 is 6.04 Å². The van der Waals surface area contributed by atoms with Gasteiger partial charge in [0.25, 0.3) is 0 Å². The minimum Gasteiger partial charge on any atom is -0.337 e. The highest BCUT2D eigenvalue weighted by molar-refractivity contribution is 5.83. The van der Waals surface area contributed by atoms with Crippen LogP contribution in [0.1, 0.15) is 30.5 Å². The van der Waals surface area contributed by atoms with Crippen molar-refractivity contribution in [2.75, 3.05) is 26.7 Å². The number of amides is 1. The van der Waals surface area contributed by atoms with Gasteiger partial charge in [-0.05, 0) is 39.4 Å². The first-order valence-corrected chi connectivity index (χ1v) is 7.30. The van der Waals surface area contributed by atoms with Crippen LogP contribution in [0, 0.1) is 6.92 Å². The van der Waals surface area contributed by atoms with Crippen LogP contribution in [0.5, 0.6) is 0 Å². The van der Waals surface area contributed by atoms with Gasteiger partial charge in [0.2, 0.25) is 5.91 Å². The Balaban J connectivity index is 2.11. The van der Waals surface area contributed by atoms with Crippen LogP contribution in [0.15, 0.2) is 24.3 Å². The third kappa shape index (κ3) is 3.38. The van der Waals surface area contributed by atoms with Crippen molar-refractivity contribution in [3.8, 4) is 0 Å². The number of benzene rings is 1. The van der Waals surface area contributed by atoms with Gasteiger partial charge < -0.3 is 15.5 Å². The first-order chi connectivity index (χ1) is 9.49. The minimum absolute atomic E-state index is 0.0386. The highest BCUT2D eigenvalue weighted by atomic mass is 16.2. The third-order valence-corrected chi connectivity index (χ3v) is 4.03. The molecule has 1 aromatic rings. The van der Waals surface area contributed by atoms with Crippen molar-refractivity contribution in [1.29, 1.82) is 0 Å². The topological polar surface area (TPSA) is 49.6 Å². The molecular formula is C16H25N3O. The summed E-state index contributed by atoms with van der Waals surface area (Å²) in [5.41, 5.74) is 8.24. The van der Waals surface area contributed by atoms with Gasteiger partial charge in [-0.1, -0.05) is 29.8 Å². The predicted molar refractivity (Wildman–Crippen MR) is 81.4 cm³/mol. The Labute approximate surface area is 121 Å². The Bertz CT molecular complexity index is 457. The van der Waals surface area contributed by atoms with E-state index in [1.165, 1.54) is 5.56 Å². The Hall–Kier alpha value is -1.39. The molecule has 0 saturated carbocycles.